The molecule has 0 aromatic heterocycles. The third-order valence-corrected chi connectivity index (χ3v) is 4.55. The maximum Gasteiger partial charge on any atom is 0.308 e. The largest absolute Gasteiger partial charge is 0.481 e. The molecule has 0 atom stereocenters. The molecule has 1 aromatic rings. The number of hydrogen-bond acceptors (Lipinski definition) is 3. The van der Waals surface area contributed by atoms with Gasteiger partial charge in [-0.1, -0.05) is 18.2 Å². The Morgan fingerprint density at radius 1 is 1.38 bits per heavy atom. The summed E-state index contributed by atoms with van der Waals surface area (Å²) >= 11 is 0. The van der Waals surface area contributed by atoms with Gasteiger partial charge in [-0.05, 0) is 24.1 Å². The van der Waals surface area contributed by atoms with E-state index in [0.717, 1.165) is 0 Å². The Morgan fingerprint density at radius 2 is 2.06 bits per heavy atom. The molecule has 0 saturated heterocycles. The van der Waals surface area contributed by atoms with Crippen molar-refractivity contribution in [1.29, 1.82) is 0 Å². The molecule has 5 heteroatoms. The fourth-order valence-corrected chi connectivity index (χ4v) is 3.62. The Kier molecular flexibility index (Phi) is 2.35. The SMILES string of the molecule is Cc1cccc2c1S(=O)(=O)C(CC(=O)O)=C2. The second kappa shape index (κ2) is 3.45. The van der Waals surface area contributed by atoms with E-state index in [1.54, 1.807) is 25.1 Å². The van der Waals surface area contributed by atoms with Crippen LogP contribution in [-0.4, -0.2) is 19.5 Å². The van der Waals surface area contributed by atoms with E-state index in [4.69, 9.17) is 5.11 Å². The predicted molar refractivity (Wildman–Crippen MR) is 58.6 cm³/mol. The first-order chi connectivity index (χ1) is 7.43. The van der Waals surface area contributed by atoms with Crippen LogP contribution >= 0.6 is 0 Å². The van der Waals surface area contributed by atoms with Gasteiger partial charge in [0.05, 0.1) is 16.2 Å². The molecule has 0 amide bonds. The minimum Gasteiger partial charge on any atom is -0.481 e. The second-order valence-corrected chi connectivity index (χ2v) is 5.62. The number of aryl methyl sites for hydroxylation is 1. The monoisotopic (exact) mass is 238 g/mol. The van der Waals surface area contributed by atoms with Crippen molar-refractivity contribution in [2.75, 3.05) is 0 Å². The molecule has 2 rings (SSSR count). The number of carboxylic acids is 1. The van der Waals surface area contributed by atoms with Gasteiger partial charge in [0.15, 0.2) is 0 Å². The molecule has 0 bridgehead atoms. The van der Waals surface area contributed by atoms with E-state index in [1.165, 1.54) is 6.08 Å². The highest BCUT2D eigenvalue weighted by Crippen LogP contribution is 2.36. The van der Waals surface area contributed by atoms with E-state index in [-0.39, 0.29) is 9.80 Å². The van der Waals surface area contributed by atoms with Crippen molar-refractivity contribution < 1.29 is 18.3 Å². The lowest BCUT2D eigenvalue weighted by Gasteiger charge is -2.04. The minimum atomic E-state index is -3.59. The maximum atomic E-state index is 12.0. The number of aliphatic carboxylic acids is 1. The summed E-state index contributed by atoms with van der Waals surface area (Å²) in [7, 11) is -3.59. The zero-order valence-electron chi connectivity index (χ0n) is 8.60. The molecule has 0 unspecified atom stereocenters. The van der Waals surface area contributed by atoms with Gasteiger partial charge >= 0.3 is 5.97 Å². The Labute approximate surface area is 93.1 Å². The van der Waals surface area contributed by atoms with E-state index < -0.39 is 22.2 Å². The van der Waals surface area contributed by atoms with Crippen LogP contribution in [0, 0.1) is 6.92 Å². The van der Waals surface area contributed by atoms with Crippen LogP contribution in [0.2, 0.25) is 0 Å². The molecule has 4 nitrogen and oxygen atoms in total. The molecule has 0 saturated carbocycles. The summed E-state index contributed by atoms with van der Waals surface area (Å²) in [5, 5.41) is 8.65. The topological polar surface area (TPSA) is 71.4 Å². The highest BCUT2D eigenvalue weighted by molar-refractivity contribution is 7.96. The normalized spacial score (nSPS) is 16.7. The van der Waals surface area contributed by atoms with Crippen LogP contribution in [0.1, 0.15) is 17.5 Å². The van der Waals surface area contributed by atoms with Crippen molar-refractivity contribution >= 4 is 21.9 Å². The number of carbonyl (C=O) groups is 1. The number of benzene rings is 1. The van der Waals surface area contributed by atoms with Crippen LogP contribution in [0.5, 0.6) is 0 Å². The molecular formula is C11H10O4S. The lowest BCUT2D eigenvalue weighted by molar-refractivity contribution is -0.136. The number of sulfone groups is 1. The number of carboxylic acid groups (broad SMARTS) is 1. The molecule has 1 aliphatic heterocycles. The van der Waals surface area contributed by atoms with Crippen LogP contribution in [-0.2, 0) is 14.6 Å². The van der Waals surface area contributed by atoms with Crippen molar-refractivity contribution in [1.82, 2.24) is 0 Å². The summed E-state index contributed by atoms with van der Waals surface area (Å²) in [6, 6.07) is 5.13. The minimum absolute atomic E-state index is 0.0377. The molecule has 16 heavy (non-hydrogen) atoms. The van der Waals surface area contributed by atoms with Crippen molar-refractivity contribution in [2.45, 2.75) is 18.2 Å². The second-order valence-electron chi connectivity index (χ2n) is 3.68. The standard InChI is InChI=1S/C11H10O4S/c1-7-3-2-4-8-5-9(6-10(12)13)16(14,15)11(7)8/h2-5H,6H2,1H3,(H,12,13). The molecular weight excluding hydrogens is 228 g/mol. The summed E-state index contributed by atoms with van der Waals surface area (Å²) in [5.74, 6) is -1.14. The zero-order valence-corrected chi connectivity index (χ0v) is 9.41. The molecule has 0 radical (unpaired) electrons. The fourth-order valence-electron chi connectivity index (χ4n) is 1.83. The van der Waals surface area contributed by atoms with Gasteiger partial charge in [0, 0.05) is 0 Å². The van der Waals surface area contributed by atoms with Gasteiger partial charge in [-0.25, -0.2) is 8.42 Å². The van der Waals surface area contributed by atoms with Crippen LogP contribution < -0.4 is 0 Å². The predicted octanol–water partition coefficient (Wildman–Crippen LogP) is 1.60. The first-order valence-corrected chi connectivity index (χ1v) is 6.18. The zero-order chi connectivity index (χ0) is 11.9. The molecule has 1 aliphatic rings. The summed E-state index contributed by atoms with van der Waals surface area (Å²) < 4.78 is 24.0. The third-order valence-electron chi connectivity index (χ3n) is 2.50. The Bertz CT molecular complexity index is 596. The average Bonchev–Trinajstić information content (AvgIpc) is 2.38. The Hall–Kier alpha value is -1.62. The number of fused-ring (bicyclic) bond motifs is 1. The highest BCUT2D eigenvalue weighted by Gasteiger charge is 2.31. The molecule has 1 aromatic carbocycles. The van der Waals surface area contributed by atoms with E-state index in [2.05, 4.69) is 0 Å². The third kappa shape index (κ3) is 1.53. The van der Waals surface area contributed by atoms with E-state index in [9.17, 15) is 13.2 Å². The maximum absolute atomic E-state index is 12.0. The molecule has 0 fully saturated rings. The van der Waals surface area contributed by atoms with Crippen LogP contribution in [0.3, 0.4) is 0 Å². The Morgan fingerprint density at radius 3 is 2.62 bits per heavy atom. The van der Waals surface area contributed by atoms with Gasteiger partial charge in [0.25, 0.3) is 0 Å². The van der Waals surface area contributed by atoms with Gasteiger partial charge in [-0.3, -0.25) is 4.79 Å². The van der Waals surface area contributed by atoms with Gasteiger partial charge in [0.2, 0.25) is 9.84 Å². The lowest BCUT2D eigenvalue weighted by atomic mass is 10.1. The van der Waals surface area contributed by atoms with E-state index in [0.29, 0.717) is 11.1 Å². The molecule has 0 aliphatic carbocycles. The molecule has 1 heterocycles. The van der Waals surface area contributed by atoms with Gasteiger partial charge in [-0.2, -0.15) is 0 Å². The fraction of sp³-hybridized carbons (Fsp3) is 0.182. The number of hydrogen-bond donors (Lipinski definition) is 1. The van der Waals surface area contributed by atoms with Crippen molar-refractivity contribution in [2.24, 2.45) is 0 Å². The van der Waals surface area contributed by atoms with Gasteiger partial charge in [0.1, 0.15) is 0 Å². The van der Waals surface area contributed by atoms with Gasteiger partial charge < -0.3 is 5.11 Å². The summed E-state index contributed by atoms with van der Waals surface area (Å²) in [4.78, 5) is 10.8. The average molecular weight is 238 g/mol. The molecule has 0 spiro atoms. The van der Waals surface area contributed by atoms with Gasteiger partial charge in [-0.15, -0.1) is 0 Å². The van der Waals surface area contributed by atoms with Crippen LogP contribution in [0.15, 0.2) is 28.0 Å². The summed E-state index contributed by atoms with van der Waals surface area (Å²) in [6.45, 7) is 1.70. The molecule has 84 valence electrons. The smallest absolute Gasteiger partial charge is 0.308 e. The van der Waals surface area contributed by atoms with E-state index in [1.807, 2.05) is 0 Å². The summed E-state index contributed by atoms with van der Waals surface area (Å²) in [6.07, 6.45) is 0.974. The first kappa shape index (κ1) is 10.9. The van der Waals surface area contributed by atoms with Crippen molar-refractivity contribution in [3.8, 4) is 0 Å². The van der Waals surface area contributed by atoms with Crippen LogP contribution in [0.4, 0.5) is 0 Å². The Balaban J connectivity index is 2.61. The summed E-state index contributed by atoms with van der Waals surface area (Å²) in [5.41, 5.74) is 1.23. The van der Waals surface area contributed by atoms with E-state index >= 15 is 0 Å². The van der Waals surface area contributed by atoms with Crippen LogP contribution in [0.25, 0.3) is 6.08 Å². The lowest BCUT2D eigenvalue weighted by Crippen LogP contribution is -2.06. The quantitative estimate of drug-likeness (QED) is 0.849. The number of rotatable bonds is 2. The van der Waals surface area contributed by atoms with Crippen molar-refractivity contribution in [3.05, 3.63) is 34.2 Å². The van der Waals surface area contributed by atoms with Crippen molar-refractivity contribution in [3.63, 3.8) is 0 Å². The highest BCUT2D eigenvalue weighted by atomic mass is 32.2. The molecule has 1 N–H and O–H groups in total. The first-order valence-electron chi connectivity index (χ1n) is 4.70.